The van der Waals surface area contributed by atoms with Crippen LogP contribution in [0, 0.1) is 30.6 Å². The summed E-state index contributed by atoms with van der Waals surface area (Å²) in [5.41, 5.74) is -1.51. The first-order valence-corrected chi connectivity index (χ1v) is 14.7. The highest BCUT2D eigenvalue weighted by Gasteiger charge is 2.48. The highest BCUT2D eigenvalue weighted by Crippen LogP contribution is 2.42. The van der Waals surface area contributed by atoms with Gasteiger partial charge in [0.25, 0.3) is 0 Å². The van der Waals surface area contributed by atoms with E-state index in [1.54, 1.807) is 11.0 Å². The monoisotopic (exact) mass is 506 g/mol. The Kier molecular flexibility index (Phi) is 7.32. The molecule has 6 nitrogen and oxygen atoms in total. The van der Waals surface area contributed by atoms with Crippen LogP contribution in [0.15, 0.2) is 6.07 Å². The molecule has 0 radical (unpaired) electrons. The molecule has 190 valence electrons. The lowest BCUT2D eigenvalue weighted by Crippen LogP contribution is -2.47. The van der Waals surface area contributed by atoms with Crippen molar-refractivity contribution >= 4 is 20.0 Å². The summed E-state index contributed by atoms with van der Waals surface area (Å²) in [6.07, 6.45) is 2.37. The van der Waals surface area contributed by atoms with E-state index in [4.69, 9.17) is 10.8 Å². The first-order chi connectivity index (χ1) is 16.1. The SMILES string of the molecule is C#CCN(C(=O)[C@@H]1C[C@H](O[Si](C)(C)C(C)(C)C)CN1c1nc(C)cc(C(F)(F)F)c1C#N)C1CC1. The number of hydrogen-bond acceptors (Lipinski definition) is 5. The lowest BCUT2D eigenvalue weighted by atomic mass is 10.1. The molecule has 10 heteroatoms. The zero-order chi connectivity index (χ0) is 26.3. The molecule has 2 heterocycles. The summed E-state index contributed by atoms with van der Waals surface area (Å²) in [6.45, 7) is 12.2. The number of rotatable bonds is 6. The number of amides is 1. The first kappa shape index (κ1) is 27.0. The van der Waals surface area contributed by atoms with Gasteiger partial charge in [-0.25, -0.2) is 4.98 Å². The first-order valence-electron chi connectivity index (χ1n) is 11.8. The number of terminal acetylenes is 1. The average molecular weight is 507 g/mol. The Labute approximate surface area is 206 Å². The van der Waals surface area contributed by atoms with Crippen molar-refractivity contribution < 1.29 is 22.4 Å². The molecule has 1 aliphatic heterocycles. The smallest absolute Gasteiger partial charge is 0.412 e. The molecule has 35 heavy (non-hydrogen) atoms. The largest absolute Gasteiger partial charge is 0.417 e. The summed E-state index contributed by atoms with van der Waals surface area (Å²) in [4.78, 5) is 21.2. The molecule has 0 bridgehead atoms. The molecule has 2 atom stereocenters. The third-order valence-electron chi connectivity index (χ3n) is 7.17. The van der Waals surface area contributed by atoms with E-state index < -0.39 is 31.7 Å². The topological polar surface area (TPSA) is 69.5 Å². The van der Waals surface area contributed by atoms with Crippen molar-refractivity contribution in [3.05, 3.63) is 22.9 Å². The highest BCUT2D eigenvalue weighted by molar-refractivity contribution is 6.74. The summed E-state index contributed by atoms with van der Waals surface area (Å²) < 4.78 is 48.0. The fourth-order valence-electron chi connectivity index (χ4n) is 4.21. The van der Waals surface area contributed by atoms with Crippen LogP contribution in [-0.2, 0) is 15.4 Å². The minimum Gasteiger partial charge on any atom is -0.412 e. The molecule has 1 aromatic heterocycles. The van der Waals surface area contributed by atoms with Gasteiger partial charge in [0.2, 0.25) is 5.91 Å². The van der Waals surface area contributed by atoms with E-state index >= 15 is 0 Å². The van der Waals surface area contributed by atoms with Crippen LogP contribution in [-0.4, -0.2) is 55.4 Å². The van der Waals surface area contributed by atoms with Crippen molar-refractivity contribution in [1.82, 2.24) is 9.88 Å². The Morgan fingerprint density at radius 3 is 2.46 bits per heavy atom. The lowest BCUT2D eigenvalue weighted by molar-refractivity contribution is -0.137. The van der Waals surface area contributed by atoms with E-state index in [2.05, 4.69) is 44.8 Å². The minimum absolute atomic E-state index is 0.0346. The van der Waals surface area contributed by atoms with Crippen molar-refractivity contribution in [2.45, 2.75) is 89.5 Å². The Morgan fingerprint density at radius 2 is 1.97 bits per heavy atom. The Hall–Kier alpha value is -2.56. The zero-order valence-electron chi connectivity index (χ0n) is 21.2. The highest BCUT2D eigenvalue weighted by atomic mass is 28.4. The molecule has 1 amide bonds. The molecular weight excluding hydrogens is 473 g/mol. The van der Waals surface area contributed by atoms with Crippen molar-refractivity contribution in [3.63, 3.8) is 0 Å². The van der Waals surface area contributed by atoms with Gasteiger partial charge in [-0.1, -0.05) is 26.7 Å². The van der Waals surface area contributed by atoms with Crippen molar-refractivity contribution in [1.29, 1.82) is 5.26 Å². The van der Waals surface area contributed by atoms with Gasteiger partial charge in [-0.3, -0.25) is 4.79 Å². The summed E-state index contributed by atoms with van der Waals surface area (Å²) in [5.74, 6) is 2.14. The Morgan fingerprint density at radius 1 is 1.34 bits per heavy atom. The molecular formula is C25H33F3N4O2Si. The van der Waals surface area contributed by atoms with E-state index in [1.165, 1.54) is 11.8 Å². The molecule has 0 unspecified atom stereocenters. The number of hydrogen-bond donors (Lipinski definition) is 0. The Bertz CT molecular complexity index is 1060. The fraction of sp³-hybridized carbons (Fsp3) is 0.640. The number of carbonyl (C=O) groups is 1. The molecule has 3 rings (SSSR count). The van der Waals surface area contributed by atoms with Gasteiger partial charge >= 0.3 is 6.18 Å². The Balaban J connectivity index is 2.07. The molecule has 2 aliphatic rings. The number of anilines is 1. The van der Waals surface area contributed by atoms with E-state index in [-0.39, 0.29) is 47.7 Å². The fourth-order valence-corrected chi connectivity index (χ4v) is 5.56. The zero-order valence-corrected chi connectivity index (χ0v) is 22.2. The summed E-state index contributed by atoms with van der Waals surface area (Å²) in [7, 11) is -2.24. The molecule has 1 saturated carbocycles. The van der Waals surface area contributed by atoms with E-state index in [0.717, 1.165) is 18.9 Å². The van der Waals surface area contributed by atoms with Crippen LogP contribution in [0.1, 0.15) is 56.9 Å². The second kappa shape index (κ2) is 9.48. The van der Waals surface area contributed by atoms with Gasteiger partial charge in [0.05, 0.1) is 18.2 Å². The maximum absolute atomic E-state index is 13.8. The molecule has 1 aromatic rings. The molecule has 0 aromatic carbocycles. The van der Waals surface area contributed by atoms with Crippen LogP contribution < -0.4 is 4.90 Å². The predicted octanol–water partition coefficient (Wildman–Crippen LogP) is 4.87. The standard InChI is InChI=1S/C25H33F3N4O2Si/c1-8-11-31(17-9-10-17)23(33)21-13-18(34-35(6,7)24(3,4)5)15-32(21)22-19(14-29)20(25(26,27)28)12-16(2)30-22/h1,12,17-18,21H,9-11,13,15H2,2-7H3/t18-,21-/m0/s1. The maximum atomic E-state index is 13.8. The quantitative estimate of drug-likeness (QED) is 0.407. The lowest BCUT2D eigenvalue weighted by Gasteiger charge is -2.38. The predicted molar refractivity (Wildman–Crippen MR) is 130 cm³/mol. The van der Waals surface area contributed by atoms with Crippen LogP contribution in [0.3, 0.4) is 0 Å². The van der Waals surface area contributed by atoms with Crippen LogP contribution in [0.4, 0.5) is 19.0 Å². The molecule has 0 N–H and O–H groups in total. The summed E-state index contributed by atoms with van der Waals surface area (Å²) in [6, 6.07) is 1.78. The number of aromatic nitrogens is 1. The van der Waals surface area contributed by atoms with Crippen LogP contribution >= 0.6 is 0 Å². The van der Waals surface area contributed by atoms with E-state index in [0.29, 0.717) is 6.42 Å². The number of nitrogens with zero attached hydrogens (tertiary/aromatic N) is 4. The third kappa shape index (κ3) is 5.65. The van der Waals surface area contributed by atoms with Crippen molar-refractivity contribution in [3.8, 4) is 18.4 Å². The van der Waals surface area contributed by atoms with Crippen LogP contribution in [0.2, 0.25) is 18.1 Å². The second-order valence-electron chi connectivity index (χ2n) is 10.9. The van der Waals surface area contributed by atoms with Gasteiger partial charge in [-0.2, -0.15) is 18.4 Å². The maximum Gasteiger partial charge on any atom is 0.417 e. The van der Waals surface area contributed by atoms with E-state index in [1.807, 2.05) is 0 Å². The van der Waals surface area contributed by atoms with Crippen molar-refractivity contribution in [2.24, 2.45) is 0 Å². The molecule has 0 spiro atoms. The number of carbonyl (C=O) groups excluding carboxylic acids is 1. The number of alkyl halides is 3. The summed E-state index contributed by atoms with van der Waals surface area (Å²) >= 11 is 0. The van der Waals surface area contributed by atoms with E-state index in [9.17, 15) is 23.2 Å². The number of aryl methyl sites for hydroxylation is 1. The summed E-state index contributed by atoms with van der Waals surface area (Å²) in [5, 5.41) is 9.64. The minimum atomic E-state index is -4.73. The number of halogens is 3. The molecule has 1 aliphatic carbocycles. The molecule has 1 saturated heterocycles. The average Bonchev–Trinajstić information content (AvgIpc) is 3.49. The van der Waals surface area contributed by atoms with Crippen LogP contribution in [0.5, 0.6) is 0 Å². The van der Waals surface area contributed by atoms with Crippen molar-refractivity contribution in [2.75, 3.05) is 18.0 Å². The normalized spacial score (nSPS) is 20.9. The van der Waals surface area contributed by atoms with Gasteiger partial charge in [-0.15, -0.1) is 6.42 Å². The van der Waals surface area contributed by atoms with Gasteiger partial charge in [0.15, 0.2) is 8.32 Å². The van der Waals surface area contributed by atoms with Gasteiger partial charge < -0.3 is 14.2 Å². The second-order valence-corrected chi connectivity index (χ2v) is 15.7. The number of nitriles is 1. The number of pyridine rings is 1. The van der Waals surface area contributed by atoms with Gasteiger partial charge in [0, 0.05) is 24.7 Å². The third-order valence-corrected chi connectivity index (χ3v) is 11.7. The van der Waals surface area contributed by atoms with Crippen LogP contribution in [0.25, 0.3) is 0 Å². The van der Waals surface area contributed by atoms with Gasteiger partial charge in [0.1, 0.15) is 23.5 Å². The molecule has 2 fully saturated rings. The van der Waals surface area contributed by atoms with Gasteiger partial charge in [-0.05, 0) is 44.0 Å².